The SMILES string of the molecule is CN1N=C(C(=O)N(CC=Cc2ccccc2)c2ccc3c(c2)OCCO3)CCC1=O. The number of carbonyl (C=O) groups is 2. The van der Waals surface area contributed by atoms with Gasteiger partial charge in [0.25, 0.3) is 5.91 Å². The van der Waals surface area contributed by atoms with Gasteiger partial charge in [-0.2, -0.15) is 5.10 Å². The van der Waals surface area contributed by atoms with Gasteiger partial charge in [0, 0.05) is 38.2 Å². The van der Waals surface area contributed by atoms with Gasteiger partial charge in [-0.3, -0.25) is 9.59 Å². The number of nitrogens with zero attached hydrogens (tertiary/aromatic N) is 3. The van der Waals surface area contributed by atoms with Gasteiger partial charge < -0.3 is 14.4 Å². The van der Waals surface area contributed by atoms with Crippen molar-refractivity contribution in [2.24, 2.45) is 5.10 Å². The fraction of sp³-hybridized carbons (Fsp3) is 0.261. The minimum atomic E-state index is -0.233. The molecule has 2 aliphatic heterocycles. The molecular weight excluding hydrogens is 382 g/mol. The van der Waals surface area contributed by atoms with Gasteiger partial charge in [-0.15, -0.1) is 0 Å². The van der Waals surface area contributed by atoms with E-state index in [0.717, 1.165) is 5.56 Å². The van der Waals surface area contributed by atoms with Crippen molar-refractivity contribution in [2.75, 3.05) is 31.7 Å². The predicted molar refractivity (Wildman–Crippen MR) is 115 cm³/mol. The Balaban J connectivity index is 1.62. The van der Waals surface area contributed by atoms with Crippen LogP contribution in [0.2, 0.25) is 0 Å². The van der Waals surface area contributed by atoms with E-state index >= 15 is 0 Å². The summed E-state index contributed by atoms with van der Waals surface area (Å²) in [7, 11) is 1.57. The molecule has 2 aromatic rings. The molecule has 0 saturated heterocycles. The smallest absolute Gasteiger partial charge is 0.274 e. The third-order valence-electron chi connectivity index (χ3n) is 4.93. The number of amides is 2. The summed E-state index contributed by atoms with van der Waals surface area (Å²) in [4.78, 5) is 26.7. The fourth-order valence-electron chi connectivity index (χ4n) is 3.34. The van der Waals surface area contributed by atoms with E-state index < -0.39 is 0 Å². The van der Waals surface area contributed by atoms with E-state index in [9.17, 15) is 9.59 Å². The van der Waals surface area contributed by atoms with E-state index in [1.807, 2.05) is 54.6 Å². The maximum Gasteiger partial charge on any atom is 0.274 e. The second-order valence-corrected chi connectivity index (χ2v) is 7.02. The molecule has 0 fully saturated rings. The van der Waals surface area contributed by atoms with Crippen molar-refractivity contribution in [3.63, 3.8) is 0 Å². The van der Waals surface area contributed by atoms with Gasteiger partial charge in [0.1, 0.15) is 18.9 Å². The molecule has 0 radical (unpaired) electrons. The van der Waals surface area contributed by atoms with Gasteiger partial charge in [-0.1, -0.05) is 42.5 Å². The molecule has 0 aliphatic carbocycles. The summed E-state index contributed by atoms with van der Waals surface area (Å²) in [6.07, 6.45) is 4.50. The molecule has 0 aromatic heterocycles. The molecule has 0 spiro atoms. The molecule has 2 aliphatic rings. The summed E-state index contributed by atoms with van der Waals surface area (Å²) < 4.78 is 11.3. The maximum atomic E-state index is 13.3. The van der Waals surface area contributed by atoms with E-state index in [0.29, 0.717) is 49.1 Å². The topological polar surface area (TPSA) is 71.4 Å². The van der Waals surface area contributed by atoms with Gasteiger partial charge in [0.05, 0.1) is 0 Å². The van der Waals surface area contributed by atoms with Crippen molar-refractivity contribution in [2.45, 2.75) is 12.8 Å². The molecule has 0 unspecified atom stereocenters. The summed E-state index contributed by atoms with van der Waals surface area (Å²) in [5.74, 6) is 0.948. The second-order valence-electron chi connectivity index (χ2n) is 7.02. The zero-order chi connectivity index (χ0) is 20.9. The normalized spacial score (nSPS) is 15.8. The first kappa shape index (κ1) is 19.7. The van der Waals surface area contributed by atoms with Crippen LogP contribution in [0.3, 0.4) is 0 Å². The lowest BCUT2D eigenvalue weighted by atomic mass is 10.1. The lowest BCUT2D eigenvalue weighted by Gasteiger charge is -2.27. The highest BCUT2D eigenvalue weighted by Gasteiger charge is 2.27. The first-order chi connectivity index (χ1) is 14.6. The fourth-order valence-corrected chi connectivity index (χ4v) is 3.34. The largest absolute Gasteiger partial charge is 0.486 e. The van der Waals surface area contributed by atoms with Gasteiger partial charge in [0.15, 0.2) is 11.5 Å². The predicted octanol–water partition coefficient (Wildman–Crippen LogP) is 3.11. The van der Waals surface area contributed by atoms with Gasteiger partial charge in [-0.25, -0.2) is 5.01 Å². The van der Waals surface area contributed by atoms with Crippen LogP contribution in [0, 0.1) is 0 Å². The first-order valence-electron chi connectivity index (χ1n) is 9.89. The molecular formula is C23H23N3O4. The van der Waals surface area contributed by atoms with Crippen molar-refractivity contribution < 1.29 is 19.1 Å². The van der Waals surface area contributed by atoms with Gasteiger partial charge in [0.2, 0.25) is 5.91 Å². The third-order valence-corrected chi connectivity index (χ3v) is 4.93. The van der Waals surface area contributed by atoms with Crippen LogP contribution in [0.5, 0.6) is 11.5 Å². The average molecular weight is 405 g/mol. The molecule has 30 heavy (non-hydrogen) atoms. The third kappa shape index (κ3) is 4.35. The monoisotopic (exact) mass is 405 g/mol. The number of ether oxygens (including phenoxy) is 2. The highest BCUT2D eigenvalue weighted by atomic mass is 16.6. The molecule has 154 valence electrons. The van der Waals surface area contributed by atoms with Crippen molar-refractivity contribution in [3.8, 4) is 11.5 Å². The van der Waals surface area contributed by atoms with Crippen molar-refractivity contribution >= 4 is 29.3 Å². The van der Waals surface area contributed by atoms with Crippen LogP contribution in [0.1, 0.15) is 18.4 Å². The number of anilines is 1. The zero-order valence-electron chi connectivity index (χ0n) is 16.8. The van der Waals surface area contributed by atoms with E-state index in [-0.39, 0.29) is 18.2 Å². The summed E-state index contributed by atoms with van der Waals surface area (Å²) in [5, 5.41) is 5.43. The minimum absolute atomic E-state index is 0.0959. The lowest BCUT2D eigenvalue weighted by molar-refractivity contribution is -0.130. The Kier molecular flexibility index (Phi) is 5.79. The Hall–Kier alpha value is -3.61. The van der Waals surface area contributed by atoms with Gasteiger partial charge >= 0.3 is 0 Å². The summed E-state index contributed by atoms with van der Waals surface area (Å²) >= 11 is 0. The standard InChI is InChI=1S/C23H23N3O4/c1-25-22(27)12-10-19(24-25)23(28)26(13-5-8-17-6-3-2-4-7-17)18-9-11-20-21(16-18)30-15-14-29-20/h2-9,11,16H,10,12-15H2,1H3. The number of hydrazone groups is 1. The average Bonchev–Trinajstić information content (AvgIpc) is 2.78. The number of carbonyl (C=O) groups excluding carboxylic acids is 2. The van der Waals surface area contributed by atoms with Crippen molar-refractivity contribution in [3.05, 3.63) is 60.2 Å². The van der Waals surface area contributed by atoms with Gasteiger partial charge in [-0.05, 0) is 17.7 Å². The van der Waals surface area contributed by atoms with Crippen molar-refractivity contribution in [1.29, 1.82) is 0 Å². The molecule has 4 rings (SSSR count). The number of hydrogen-bond acceptors (Lipinski definition) is 5. The van der Waals surface area contributed by atoms with Crippen LogP contribution in [0.25, 0.3) is 6.08 Å². The molecule has 0 saturated carbocycles. The molecule has 0 atom stereocenters. The number of hydrogen-bond donors (Lipinski definition) is 0. The van der Waals surface area contributed by atoms with E-state index in [2.05, 4.69) is 5.10 Å². The quantitative estimate of drug-likeness (QED) is 0.766. The maximum absolute atomic E-state index is 13.3. The van der Waals surface area contributed by atoms with Crippen LogP contribution in [-0.4, -0.2) is 49.3 Å². The van der Waals surface area contributed by atoms with E-state index in [1.54, 1.807) is 18.0 Å². The Labute approximate surface area is 175 Å². The number of rotatable bonds is 5. The highest BCUT2D eigenvalue weighted by molar-refractivity contribution is 6.44. The van der Waals surface area contributed by atoms with Crippen LogP contribution >= 0.6 is 0 Å². The number of fused-ring (bicyclic) bond motifs is 1. The Morgan fingerprint density at radius 3 is 2.63 bits per heavy atom. The second kappa shape index (κ2) is 8.82. The Morgan fingerprint density at radius 1 is 1.10 bits per heavy atom. The molecule has 0 N–H and O–H groups in total. The molecule has 0 bridgehead atoms. The minimum Gasteiger partial charge on any atom is -0.486 e. The molecule has 7 nitrogen and oxygen atoms in total. The zero-order valence-corrected chi connectivity index (χ0v) is 16.8. The molecule has 2 amide bonds. The van der Waals surface area contributed by atoms with Crippen LogP contribution in [0.4, 0.5) is 5.69 Å². The Bertz CT molecular complexity index is 1000. The highest BCUT2D eigenvalue weighted by Crippen LogP contribution is 2.34. The van der Waals surface area contributed by atoms with Crippen LogP contribution < -0.4 is 14.4 Å². The Morgan fingerprint density at radius 2 is 1.87 bits per heavy atom. The molecule has 7 heteroatoms. The molecule has 2 aromatic carbocycles. The summed E-state index contributed by atoms with van der Waals surface area (Å²) in [6.45, 7) is 1.33. The first-order valence-corrected chi connectivity index (χ1v) is 9.89. The van der Waals surface area contributed by atoms with E-state index in [4.69, 9.17) is 9.47 Å². The molecule has 2 heterocycles. The number of benzene rings is 2. The lowest BCUT2D eigenvalue weighted by Crippen LogP contribution is -2.41. The van der Waals surface area contributed by atoms with Crippen molar-refractivity contribution in [1.82, 2.24) is 5.01 Å². The summed E-state index contributed by atoms with van der Waals surface area (Å²) in [5.41, 5.74) is 2.09. The van der Waals surface area contributed by atoms with Crippen LogP contribution in [0.15, 0.2) is 59.7 Å². The van der Waals surface area contributed by atoms with E-state index in [1.165, 1.54) is 5.01 Å². The summed E-state index contributed by atoms with van der Waals surface area (Å²) in [6, 6.07) is 15.3. The van der Waals surface area contributed by atoms with Crippen LogP contribution in [-0.2, 0) is 9.59 Å².